The lowest BCUT2D eigenvalue weighted by Gasteiger charge is -2.23. The highest BCUT2D eigenvalue weighted by Gasteiger charge is 2.37. The number of hydrogen-bond donors (Lipinski definition) is 0. The fourth-order valence-corrected chi connectivity index (χ4v) is 4.20. The molecular weight excluding hydrogens is 453 g/mol. The van der Waals surface area contributed by atoms with Crippen molar-refractivity contribution in [2.75, 3.05) is 25.8 Å². The number of aliphatic imine (C=N–C) groups is 1. The third-order valence-electron chi connectivity index (χ3n) is 5.58. The largest absolute Gasteiger partial charge is 0.511 e. The van der Waals surface area contributed by atoms with Crippen molar-refractivity contribution in [3.05, 3.63) is 58.4 Å². The number of hydrogen-bond acceptors (Lipinski definition) is 7. The molecule has 8 nitrogen and oxygen atoms in total. The molecule has 184 valence electrons. The van der Waals surface area contributed by atoms with Crippen LogP contribution in [0, 0.1) is 5.82 Å². The molecule has 0 radical (unpaired) electrons. The molecule has 35 heavy (non-hydrogen) atoms. The lowest BCUT2D eigenvalue weighted by molar-refractivity contribution is -0.00816. The summed E-state index contributed by atoms with van der Waals surface area (Å²) in [5.74, 6) is -0.314. The van der Waals surface area contributed by atoms with Crippen LogP contribution < -0.4 is 9.64 Å². The summed E-state index contributed by atoms with van der Waals surface area (Å²) in [6.45, 7) is 3.64. The monoisotopic (exact) mass is 481 g/mol. The van der Waals surface area contributed by atoms with Gasteiger partial charge in [0.15, 0.2) is 5.75 Å². The van der Waals surface area contributed by atoms with Crippen LogP contribution in [0.1, 0.15) is 47.3 Å². The van der Waals surface area contributed by atoms with E-state index in [0.29, 0.717) is 30.8 Å². The minimum Gasteiger partial charge on any atom is -0.454 e. The summed E-state index contributed by atoms with van der Waals surface area (Å²) in [5, 5.41) is 0. The van der Waals surface area contributed by atoms with E-state index in [9.17, 15) is 14.0 Å². The molecule has 0 N–H and O–H groups in total. The topological polar surface area (TPSA) is 80.7 Å². The van der Waals surface area contributed by atoms with Crippen LogP contribution in [0.4, 0.5) is 20.6 Å². The Kier molecular flexibility index (Phi) is 7.04. The highest BCUT2D eigenvalue weighted by atomic mass is 19.1. The summed E-state index contributed by atoms with van der Waals surface area (Å²) in [5.41, 5.74) is 4.16. The standard InChI is InChI=1S/C26H28FN3O5/c1-16(2)35-26(32)34-15-33-24-21-20(23(29(3)4)19-7-5-6-12-28-22(19)24)14-30(25(21)31)13-17-8-10-18(27)11-9-17/h5,7-12,16H,6,13-15H2,1-4H3. The molecule has 0 fully saturated rings. The molecule has 2 aliphatic rings. The summed E-state index contributed by atoms with van der Waals surface area (Å²) >= 11 is 0. The van der Waals surface area contributed by atoms with Gasteiger partial charge in [-0.1, -0.05) is 24.3 Å². The predicted molar refractivity (Wildman–Crippen MR) is 131 cm³/mol. The van der Waals surface area contributed by atoms with Crippen molar-refractivity contribution in [1.29, 1.82) is 0 Å². The fourth-order valence-electron chi connectivity index (χ4n) is 4.20. The first kappa shape index (κ1) is 24.3. The van der Waals surface area contributed by atoms with Crippen LogP contribution in [0.3, 0.4) is 0 Å². The number of carbonyl (C=O) groups excluding carboxylic acids is 2. The minimum atomic E-state index is -0.861. The Morgan fingerprint density at radius 2 is 1.97 bits per heavy atom. The number of ether oxygens (including phenoxy) is 3. The summed E-state index contributed by atoms with van der Waals surface area (Å²) in [7, 11) is 3.83. The summed E-state index contributed by atoms with van der Waals surface area (Å²) in [4.78, 5) is 33.7. The molecule has 0 aliphatic carbocycles. The van der Waals surface area contributed by atoms with Crippen LogP contribution in [0.5, 0.6) is 5.75 Å². The number of nitrogens with zero attached hydrogens (tertiary/aromatic N) is 3. The first-order valence-electron chi connectivity index (χ1n) is 11.4. The van der Waals surface area contributed by atoms with Gasteiger partial charge in [-0.2, -0.15) is 0 Å². The number of fused-ring (bicyclic) bond motifs is 2. The third-order valence-corrected chi connectivity index (χ3v) is 5.58. The fraction of sp³-hybridized carbons (Fsp3) is 0.346. The zero-order valence-corrected chi connectivity index (χ0v) is 20.2. The van der Waals surface area contributed by atoms with Gasteiger partial charge in [-0.3, -0.25) is 9.79 Å². The highest BCUT2D eigenvalue weighted by Crippen LogP contribution is 2.49. The lowest BCUT2D eigenvalue weighted by Crippen LogP contribution is -2.23. The highest BCUT2D eigenvalue weighted by molar-refractivity contribution is 6.07. The maximum atomic E-state index is 13.6. The van der Waals surface area contributed by atoms with Gasteiger partial charge in [0.05, 0.1) is 17.4 Å². The van der Waals surface area contributed by atoms with Crippen molar-refractivity contribution in [3.8, 4) is 5.75 Å². The van der Waals surface area contributed by atoms with E-state index in [0.717, 1.165) is 22.4 Å². The van der Waals surface area contributed by atoms with Gasteiger partial charge < -0.3 is 24.0 Å². The van der Waals surface area contributed by atoms with E-state index in [4.69, 9.17) is 14.2 Å². The zero-order chi connectivity index (χ0) is 25.1. The van der Waals surface area contributed by atoms with Crippen LogP contribution in [0.25, 0.3) is 6.08 Å². The van der Waals surface area contributed by atoms with Crippen LogP contribution in [-0.2, 0) is 22.6 Å². The summed E-state index contributed by atoms with van der Waals surface area (Å²) in [6, 6.07) is 6.06. The summed E-state index contributed by atoms with van der Waals surface area (Å²) < 4.78 is 29.3. The Labute approximate surface area is 203 Å². The number of halogens is 1. The maximum absolute atomic E-state index is 13.6. The first-order chi connectivity index (χ1) is 16.8. The molecule has 2 aromatic carbocycles. The van der Waals surface area contributed by atoms with Gasteiger partial charge in [-0.25, -0.2) is 9.18 Å². The molecule has 0 saturated carbocycles. The molecule has 0 atom stereocenters. The predicted octanol–water partition coefficient (Wildman–Crippen LogP) is 5.06. The van der Waals surface area contributed by atoms with Gasteiger partial charge in [-0.15, -0.1) is 0 Å². The second-order valence-electron chi connectivity index (χ2n) is 8.75. The second kappa shape index (κ2) is 10.2. The molecule has 1 amide bonds. The Balaban J connectivity index is 1.73. The number of amides is 1. The Bertz CT molecular complexity index is 1190. The number of benzene rings is 2. The van der Waals surface area contributed by atoms with Crippen molar-refractivity contribution < 1.29 is 28.2 Å². The van der Waals surface area contributed by atoms with E-state index in [2.05, 4.69) is 4.99 Å². The van der Waals surface area contributed by atoms with Gasteiger partial charge in [-0.05, 0) is 31.5 Å². The normalized spacial score (nSPS) is 14.0. The van der Waals surface area contributed by atoms with Crippen LogP contribution in [-0.4, -0.2) is 50.2 Å². The minimum absolute atomic E-state index is 0.238. The number of allylic oxidation sites excluding steroid dienone is 1. The van der Waals surface area contributed by atoms with E-state index in [1.54, 1.807) is 37.1 Å². The van der Waals surface area contributed by atoms with Gasteiger partial charge in [0.1, 0.15) is 11.5 Å². The van der Waals surface area contributed by atoms with E-state index in [-0.39, 0.29) is 23.6 Å². The lowest BCUT2D eigenvalue weighted by atomic mass is 9.98. The van der Waals surface area contributed by atoms with Crippen LogP contribution >= 0.6 is 0 Å². The van der Waals surface area contributed by atoms with E-state index in [1.165, 1.54) is 12.1 Å². The molecule has 2 heterocycles. The number of rotatable bonds is 7. The zero-order valence-electron chi connectivity index (χ0n) is 20.2. The van der Waals surface area contributed by atoms with E-state index >= 15 is 0 Å². The van der Waals surface area contributed by atoms with E-state index < -0.39 is 12.9 Å². The Hall–Kier alpha value is -3.88. The van der Waals surface area contributed by atoms with Crippen molar-refractivity contribution in [3.63, 3.8) is 0 Å². The molecule has 9 heteroatoms. The Morgan fingerprint density at radius 1 is 1.23 bits per heavy atom. The average molecular weight is 482 g/mol. The second-order valence-corrected chi connectivity index (χ2v) is 8.75. The van der Waals surface area contributed by atoms with Gasteiger partial charge in [0.25, 0.3) is 5.91 Å². The third kappa shape index (κ3) is 5.13. The molecule has 0 aromatic heterocycles. The molecule has 0 unspecified atom stereocenters. The average Bonchev–Trinajstić information content (AvgIpc) is 2.95. The SMILES string of the molecule is CC(C)OC(=O)OCOc1c2c(c(N(C)C)c3c1C(=O)N(Cc1ccc(F)cc1)C3)C=CCC=N2. The van der Waals surface area contributed by atoms with Gasteiger partial charge >= 0.3 is 6.16 Å². The maximum Gasteiger partial charge on any atom is 0.511 e. The van der Waals surface area contributed by atoms with Crippen molar-refractivity contribution in [2.45, 2.75) is 39.5 Å². The molecule has 0 spiro atoms. The molecule has 0 saturated heterocycles. The smallest absolute Gasteiger partial charge is 0.454 e. The van der Waals surface area contributed by atoms with E-state index in [1.807, 2.05) is 31.1 Å². The molecule has 2 aliphatic heterocycles. The van der Waals surface area contributed by atoms with Crippen LogP contribution in [0.2, 0.25) is 0 Å². The van der Waals surface area contributed by atoms with Crippen molar-refractivity contribution in [2.24, 2.45) is 4.99 Å². The number of carbonyl (C=O) groups is 2. The van der Waals surface area contributed by atoms with Crippen molar-refractivity contribution in [1.82, 2.24) is 4.90 Å². The van der Waals surface area contributed by atoms with Crippen LogP contribution in [0.15, 0.2) is 35.3 Å². The summed E-state index contributed by atoms with van der Waals surface area (Å²) in [6.07, 6.45) is 5.13. The van der Waals surface area contributed by atoms with Gasteiger partial charge in [0.2, 0.25) is 6.79 Å². The molecule has 0 bridgehead atoms. The van der Waals surface area contributed by atoms with Gasteiger partial charge in [0, 0.05) is 50.9 Å². The van der Waals surface area contributed by atoms with Crippen molar-refractivity contribution >= 4 is 35.7 Å². The first-order valence-corrected chi connectivity index (χ1v) is 11.4. The molecular formula is C26H28FN3O5. The Morgan fingerprint density at radius 3 is 2.66 bits per heavy atom. The molecule has 2 aromatic rings. The quantitative estimate of drug-likeness (QED) is 0.406. The molecule has 4 rings (SSSR count). The number of anilines is 1.